The van der Waals surface area contributed by atoms with E-state index in [1.807, 2.05) is 29.2 Å². The molecular formula is C29H36FIN6O4. The Morgan fingerprint density at radius 2 is 1.83 bits per heavy atom. The molecule has 1 aliphatic carbocycles. The maximum Gasteiger partial charge on any atom is 0.230 e. The topological polar surface area (TPSA) is 94.8 Å². The number of methoxy groups -OCH3 is 1. The van der Waals surface area contributed by atoms with Gasteiger partial charge in [-0.3, -0.25) is 9.36 Å². The number of morpholine rings is 1. The Balaban J connectivity index is 1.23. The lowest BCUT2D eigenvalue weighted by Crippen LogP contribution is -2.46. The van der Waals surface area contributed by atoms with Crippen molar-refractivity contribution in [1.29, 1.82) is 0 Å². The largest absolute Gasteiger partial charge is 0.474 e. The number of amides is 1. The fraction of sp³-hybridized carbons (Fsp3) is 0.586. The molecule has 10 nitrogen and oxygen atoms in total. The van der Waals surface area contributed by atoms with E-state index in [0.717, 1.165) is 50.6 Å². The van der Waals surface area contributed by atoms with Gasteiger partial charge >= 0.3 is 0 Å². The van der Waals surface area contributed by atoms with E-state index in [4.69, 9.17) is 24.2 Å². The van der Waals surface area contributed by atoms with Crippen molar-refractivity contribution in [1.82, 2.24) is 24.4 Å². The molecule has 2 aliphatic heterocycles. The van der Waals surface area contributed by atoms with Crippen molar-refractivity contribution in [3.8, 4) is 11.7 Å². The minimum atomic E-state index is -1.32. The molecule has 0 N–H and O–H groups in total. The van der Waals surface area contributed by atoms with Gasteiger partial charge in [-0.15, -0.1) is 0 Å². The predicted octanol–water partition coefficient (Wildman–Crippen LogP) is 4.63. The van der Waals surface area contributed by atoms with Gasteiger partial charge in [-0.25, -0.2) is 9.37 Å². The third kappa shape index (κ3) is 6.29. The number of imidazole rings is 1. The van der Waals surface area contributed by atoms with Gasteiger partial charge in [0.2, 0.25) is 21.9 Å². The summed E-state index contributed by atoms with van der Waals surface area (Å²) in [4.78, 5) is 31.5. The highest BCUT2D eigenvalue weighted by atomic mass is 127. The summed E-state index contributed by atoms with van der Waals surface area (Å²) in [5, 5.41) is 0. The number of hydrogen-bond acceptors (Lipinski definition) is 8. The zero-order valence-corrected chi connectivity index (χ0v) is 25.4. The van der Waals surface area contributed by atoms with Gasteiger partial charge in [-0.2, -0.15) is 9.97 Å². The number of ether oxygens (including phenoxy) is 3. The normalized spacial score (nSPS) is 24.4. The summed E-state index contributed by atoms with van der Waals surface area (Å²) in [5.41, 5.74) is 1.47. The Labute approximate surface area is 252 Å². The summed E-state index contributed by atoms with van der Waals surface area (Å²) in [6.45, 7) is 3.98. The highest BCUT2D eigenvalue weighted by molar-refractivity contribution is 14.1. The first-order valence-electron chi connectivity index (χ1n) is 14.5. The van der Waals surface area contributed by atoms with E-state index in [2.05, 4.69) is 9.88 Å². The molecule has 3 aromatic rings. The van der Waals surface area contributed by atoms with Crippen LogP contribution in [0.4, 0.5) is 10.3 Å². The van der Waals surface area contributed by atoms with Crippen LogP contribution in [-0.2, 0) is 14.3 Å². The number of para-hydroxylation sites is 2. The van der Waals surface area contributed by atoms with E-state index in [9.17, 15) is 9.18 Å². The first kappa shape index (κ1) is 28.5. The molecular weight excluding hydrogens is 642 g/mol. The Morgan fingerprint density at radius 1 is 1.05 bits per heavy atom. The highest BCUT2D eigenvalue weighted by Crippen LogP contribution is 2.34. The first-order valence-corrected chi connectivity index (χ1v) is 15.7. The molecule has 1 amide bonds. The molecule has 0 spiro atoms. The second-order valence-electron chi connectivity index (χ2n) is 10.9. The molecule has 3 fully saturated rings. The molecule has 41 heavy (non-hydrogen) atoms. The molecule has 2 unspecified atom stereocenters. The van der Waals surface area contributed by atoms with Crippen molar-refractivity contribution in [2.45, 2.75) is 54.9 Å². The van der Waals surface area contributed by atoms with Crippen LogP contribution in [0.2, 0.25) is 0 Å². The lowest BCUT2D eigenvalue weighted by molar-refractivity contribution is -0.140. The monoisotopic (exact) mass is 678 g/mol. The standard InChI is InChI=1S/C29H36FIN6O4/c1-39-21-5-4-12-36(18-21)28(38)19-8-10-20(11-9-19)41-25-17-24(33-29(34-25)35-13-15-40-16-14-35)37-23-7-3-2-6-22(23)32-27(37)26(30)31/h2-3,6-7,17,19-21,26H,4-5,8-16,18H2,1H3/t19-,20-,21?,26?. The van der Waals surface area contributed by atoms with Crippen LogP contribution in [0, 0.1) is 5.92 Å². The van der Waals surface area contributed by atoms with E-state index in [-0.39, 0.29) is 29.9 Å². The van der Waals surface area contributed by atoms with Gasteiger partial charge in [-0.1, -0.05) is 12.1 Å². The van der Waals surface area contributed by atoms with Crippen molar-refractivity contribution in [3.63, 3.8) is 0 Å². The molecule has 0 radical (unpaired) electrons. The Hall–Kier alpha value is -2.58. The van der Waals surface area contributed by atoms with Gasteiger partial charge < -0.3 is 24.0 Å². The number of anilines is 1. The van der Waals surface area contributed by atoms with E-state index in [0.29, 0.717) is 56.0 Å². The number of likely N-dealkylation sites (tertiary alicyclic amines) is 1. The summed E-state index contributed by atoms with van der Waals surface area (Å²) in [7, 11) is 1.72. The number of hydrogen-bond donors (Lipinski definition) is 0. The van der Waals surface area contributed by atoms with Crippen LogP contribution in [0.3, 0.4) is 0 Å². The Bertz CT molecular complexity index is 1360. The molecule has 2 aromatic heterocycles. The van der Waals surface area contributed by atoms with Crippen molar-refractivity contribution >= 4 is 45.5 Å². The van der Waals surface area contributed by atoms with Crippen LogP contribution in [-0.4, -0.2) is 89.0 Å². The van der Waals surface area contributed by atoms with Gasteiger partial charge in [0, 0.05) is 45.3 Å². The number of nitrogens with zero attached hydrogens (tertiary/aromatic N) is 6. The van der Waals surface area contributed by atoms with Gasteiger partial charge in [-0.05, 0) is 73.2 Å². The SMILES string of the molecule is COC1CCCN(C(=O)[C@H]2CC[C@H](Oc3cc(-n4c(C(F)I)nc5ccccc54)nc(N4CCOCC4)n3)CC2)C1. The molecule has 0 bridgehead atoms. The van der Waals surface area contributed by atoms with E-state index < -0.39 is 4.18 Å². The molecule has 1 saturated carbocycles. The quantitative estimate of drug-likeness (QED) is 0.264. The summed E-state index contributed by atoms with van der Waals surface area (Å²) in [6.07, 6.45) is 5.15. The van der Waals surface area contributed by atoms with Crippen LogP contribution in [0.5, 0.6) is 5.88 Å². The van der Waals surface area contributed by atoms with E-state index in [1.165, 1.54) is 0 Å². The van der Waals surface area contributed by atoms with Gasteiger partial charge in [0.1, 0.15) is 11.9 Å². The number of halogens is 2. The summed E-state index contributed by atoms with van der Waals surface area (Å²) in [6, 6.07) is 9.35. The molecule has 12 heteroatoms. The van der Waals surface area contributed by atoms with Gasteiger partial charge in [0.15, 0.2) is 5.82 Å². The second-order valence-corrected chi connectivity index (χ2v) is 12.0. The minimum Gasteiger partial charge on any atom is -0.474 e. The average molecular weight is 679 g/mol. The maximum atomic E-state index is 14.8. The summed E-state index contributed by atoms with van der Waals surface area (Å²) in [5.74, 6) is 2.01. The second kappa shape index (κ2) is 12.7. The lowest BCUT2D eigenvalue weighted by atomic mass is 9.86. The molecule has 4 heterocycles. The molecule has 6 rings (SSSR count). The minimum absolute atomic E-state index is 0.0142. The maximum absolute atomic E-state index is 14.8. The van der Waals surface area contributed by atoms with Crippen molar-refractivity contribution in [3.05, 3.63) is 36.2 Å². The summed E-state index contributed by atoms with van der Waals surface area (Å²) < 4.78 is 32.7. The Morgan fingerprint density at radius 3 is 2.59 bits per heavy atom. The van der Waals surface area contributed by atoms with E-state index >= 15 is 0 Å². The smallest absolute Gasteiger partial charge is 0.230 e. The number of aromatic nitrogens is 4. The third-order valence-electron chi connectivity index (χ3n) is 8.32. The fourth-order valence-corrected chi connectivity index (χ4v) is 6.52. The van der Waals surface area contributed by atoms with Crippen LogP contribution >= 0.6 is 22.6 Å². The van der Waals surface area contributed by atoms with Gasteiger partial charge in [0.05, 0.1) is 30.4 Å². The van der Waals surface area contributed by atoms with Crippen molar-refractivity contribution in [2.75, 3.05) is 51.4 Å². The number of piperidine rings is 1. The number of rotatable bonds is 7. The molecule has 2 saturated heterocycles. The van der Waals surface area contributed by atoms with Crippen LogP contribution < -0.4 is 9.64 Å². The van der Waals surface area contributed by atoms with Crippen LogP contribution in [0.25, 0.3) is 16.9 Å². The van der Waals surface area contributed by atoms with E-state index in [1.54, 1.807) is 40.3 Å². The van der Waals surface area contributed by atoms with Crippen molar-refractivity contribution < 1.29 is 23.4 Å². The number of alkyl halides is 2. The average Bonchev–Trinajstić information content (AvgIpc) is 3.42. The Kier molecular flexibility index (Phi) is 8.87. The fourth-order valence-electron chi connectivity index (χ4n) is 6.10. The molecule has 1 aromatic carbocycles. The highest BCUT2D eigenvalue weighted by Gasteiger charge is 2.33. The lowest BCUT2D eigenvalue weighted by Gasteiger charge is -2.36. The third-order valence-corrected chi connectivity index (χ3v) is 8.87. The zero-order valence-electron chi connectivity index (χ0n) is 23.3. The number of fused-ring (bicyclic) bond motifs is 1. The zero-order chi connectivity index (χ0) is 28.3. The first-order chi connectivity index (χ1) is 20.0. The van der Waals surface area contributed by atoms with Crippen LogP contribution in [0.1, 0.15) is 48.5 Å². The van der Waals surface area contributed by atoms with Crippen molar-refractivity contribution in [2.24, 2.45) is 5.92 Å². The number of benzene rings is 1. The molecule has 3 aliphatic rings. The number of carbonyl (C=O) groups excluding carboxylic acids is 1. The molecule has 2 atom stereocenters. The number of carbonyl (C=O) groups is 1. The molecule has 220 valence electrons. The summed E-state index contributed by atoms with van der Waals surface area (Å²) >= 11 is 1.74. The predicted molar refractivity (Wildman–Crippen MR) is 161 cm³/mol. The van der Waals surface area contributed by atoms with Crippen LogP contribution in [0.15, 0.2) is 30.3 Å². The van der Waals surface area contributed by atoms with Gasteiger partial charge in [0.25, 0.3) is 0 Å².